The Labute approximate surface area is 214 Å². The Morgan fingerprint density at radius 3 is 3.06 bits per heavy atom. The van der Waals surface area contributed by atoms with Gasteiger partial charge in [-0.05, 0) is 55.4 Å². The van der Waals surface area contributed by atoms with E-state index in [1.165, 1.54) is 16.6 Å². The average Bonchev–Trinajstić information content (AvgIpc) is 3.40. The molecule has 1 aromatic carbocycles. The molecule has 9 heteroatoms. The number of rotatable bonds is 10. The minimum Gasteiger partial charge on any atom is -0.486 e. The molecule has 0 fully saturated rings. The van der Waals surface area contributed by atoms with Crippen molar-refractivity contribution in [2.24, 2.45) is 5.92 Å². The van der Waals surface area contributed by atoms with Crippen molar-refractivity contribution in [3.8, 4) is 11.8 Å². The molecule has 1 amide bonds. The first-order valence-electron chi connectivity index (χ1n) is 11.7. The van der Waals surface area contributed by atoms with E-state index >= 15 is 0 Å². The van der Waals surface area contributed by atoms with Gasteiger partial charge >= 0.3 is 0 Å². The Kier molecular flexibility index (Phi) is 8.26. The standard InChI is InChI=1S/C26H29N5O2S2/c1-4-11-31-23(15-33-19-8-6-7-17(3)12-19)29-30-26(31)34-16-24(32)28-25-21(14-27)20-10-9-18(5-2)13-22(20)35-25/h4,6-8,12,18H,1,5,9-11,13,15-16H2,2-3H3,(H,28,32). The first-order chi connectivity index (χ1) is 17.0. The van der Waals surface area contributed by atoms with Gasteiger partial charge in [0.2, 0.25) is 5.91 Å². The van der Waals surface area contributed by atoms with Gasteiger partial charge in [-0.15, -0.1) is 28.1 Å². The van der Waals surface area contributed by atoms with Gasteiger partial charge < -0.3 is 10.1 Å². The van der Waals surface area contributed by atoms with Gasteiger partial charge in [0.25, 0.3) is 0 Å². The molecule has 1 N–H and O–H groups in total. The molecule has 4 rings (SSSR count). The van der Waals surface area contributed by atoms with E-state index in [0.29, 0.717) is 34.0 Å². The summed E-state index contributed by atoms with van der Waals surface area (Å²) in [6.07, 6.45) is 5.92. The molecule has 1 unspecified atom stereocenters. The molecular formula is C26H29N5O2S2. The van der Waals surface area contributed by atoms with Crippen LogP contribution in [0.3, 0.4) is 0 Å². The third kappa shape index (κ3) is 5.95. The van der Waals surface area contributed by atoms with Gasteiger partial charge in [-0.25, -0.2) is 0 Å². The quantitative estimate of drug-likeness (QED) is 0.286. The first kappa shape index (κ1) is 25.0. The lowest BCUT2D eigenvalue weighted by Gasteiger charge is -2.20. The molecule has 1 aliphatic rings. The Morgan fingerprint density at radius 2 is 2.31 bits per heavy atom. The van der Waals surface area contributed by atoms with Crippen LogP contribution in [0.2, 0.25) is 0 Å². The second-order valence-electron chi connectivity index (χ2n) is 8.58. The summed E-state index contributed by atoms with van der Waals surface area (Å²) in [7, 11) is 0. The summed E-state index contributed by atoms with van der Waals surface area (Å²) in [6, 6.07) is 10.1. The molecule has 0 spiro atoms. The van der Waals surface area contributed by atoms with E-state index in [1.807, 2.05) is 35.8 Å². The van der Waals surface area contributed by atoms with Crippen molar-refractivity contribution in [3.05, 3.63) is 64.3 Å². The summed E-state index contributed by atoms with van der Waals surface area (Å²) in [6.45, 7) is 8.83. The highest BCUT2D eigenvalue weighted by Gasteiger charge is 2.26. The summed E-state index contributed by atoms with van der Waals surface area (Å²) in [5.41, 5.74) is 2.87. The van der Waals surface area contributed by atoms with Crippen LogP contribution in [-0.2, 0) is 30.8 Å². The van der Waals surface area contributed by atoms with Crippen LogP contribution in [0.1, 0.15) is 47.2 Å². The van der Waals surface area contributed by atoms with Gasteiger partial charge in [-0.3, -0.25) is 9.36 Å². The maximum atomic E-state index is 12.8. The summed E-state index contributed by atoms with van der Waals surface area (Å²) in [5, 5.41) is 22.5. The van der Waals surface area contributed by atoms with Gasteiger partial charge in [0, 0.05) is 11.4 Å². The predicted octanol–water partition coefficient (Wildman–Crippen LogP) is 5.53. The lowest BCUT2D eigenvalue weighted by molar-refractivity contribution is -0.113. The van der Waals surface area contributed by atoms with Gasteiger partial charge in [0.05, 0.1) is 11.3 Å². The van der Waals surface area contributed by atoms with E-state index in [4.69, 9.17) is 4.74 Å². The molecule has 0 saturated carbocycles. The topological polar surface area (TPSA) is 92.8 Å². The summed E-state index contributed by atoms with van der Waals surface area (Å²) in [5.74, 6) is 2.09. The number of hydrogen-bond acceptors (Lipinski definition) is 7. The third-order valence-electron chi connectivity index (χ3n) is 6.10. The number of nitrogens with one attached hydrogen (secondary N) is 1. The van der Waals surface area contributed by atoms with Crippen molar-refractivity contribution >= 4 is 34.0 Å². The largest absolute Gasteiger partial charge is 0.486 e. The van der Waals surface area contributed by atoms with E-state index in [2.05, 4.69) is 35.1 Å². The van der Waals surface area contributed by atoms with Crippen LogP contribution in [0.15, 0.2) is 42.1 Å². The zero-order valence-electron chi connectivity index (χ0n) is 20.0. The Morgan fingerprint density at radius 1 is 1.46 bits per heavy atom. The number of anilines is 1. The minimum absolute atomic E-state index is 0.164. The zero-order chi connectivity index (χ0) is 24.8. The van der Waals surface area contributed by atoms with E-state index in [-0.39, 0.29) is 18.3 Å². The molecule has 2 aromatic heterocycles. The minimum atomic E-state index is -0.164. The SMILES string of the molecule is C=CCn1c(COc2cccc(C)c2)nnc1SCC(=O)Nc1sc2c(c1C#N)CCC(CC)C2. The Bertz CT molecular complexity index is 1260. The third-order valence-corrected chi connectivity index (χ3v) is 8.24. The van der Waals surface area contributed by atoms with Crippen molar-refractivity contribution in [1.82, 2.24) is 14.8 Å². The number of thiophene rings is 1. The van der Waals surface area contributed by atoms with Crippen molar-refractivity contribution < 1.29 is 9.53 Å². The first-order valence-corrected chi connectivity index (χ1v) is 13.5. The fourth-order valence-corrected chi connectivity index (χ4v) is 6.30. The summed E-state index contributed by atoms with van der Waals surface area (Å²) < 4.78 is 7.78. The molecule has 3 aromatic rings. The molecule has 7 nitrogen and oxygen atoms in total. The highest BCUT2D eigenvalue weighted by atomic mass is 32.2. The molecule has 0 saturated heterocycles. The van der Waals surface area contributed by atoms with Gasteiger partial charge in [-0.2, -0.15) is 5.26 Å². The van der Waals surface area contributed by atoms with E-state index in [1.54, 1.807) is 17.4 Å². The second kappa shape index (κ2) is 11.6. The molecule has 0 bridgehead atoms. The van der Waals surface area contributed by atoms with Crippen molar-refractivity contribution in [2.45, 2.75) is 57.8 Å². The highest BCUT2D eigenvalue weighted by molar-refractivity contribution is 7.99. The van der Waals surface area contributed by atoms with Gasteiger partial charge in [0.15, 0.2) is 11.0 Å². The Balaban J connectivity index is 1.40. The van der Waals surface area contributed by atoms with E-state index < -0.39 is 0 Å². The maximum Gasteiger partial charge on any atom is 0.235 e. The average molecular weight is 508 g/mol. The number of amides is 1. The molecule has 35 heavy (non-hydrogen) atoms. The molecule has 1 atom stereocenters. The van der Waals surface area contributed by atoms with Crippen LogP contribution in [0.25, 0.3) is 0 Å². The number of allylic oxidation sites excluding steroid dienone is 1. The summed E-state index contributed by atoms with van der Waals surface area (Å²) >= 11 is 2.86. The van der Waals surface area contributed by atoms with Gasteiger partial charge in [0.1, 0.15) is 23.4 Å². The van der Waals surface area contributed by atoms with Crippen molar-refractivity contribution in [3.63, 3.8) is 0 Å². The smallest absolute Gasteiger partial charge is 0.235 e. The molecule has 0 radical (unpaired) electrons. The predicted molar refractivity (Wildman–Crippen MR) is 140 cm³/mol. The van der Waals surface area contributed by atoms with Crippen molar-refractivity contribution in [2.75, 3.05) is 11.1 Å². The monoisotopic (exact) mass is 507 g/mol. The van der Waals surface area contributed by atoms with Crippen LogP contribution < -0.4 is 10.1 Å². The molecule has 1 aliphatic carbocycles. The second-order valence-corrected chi connectivity index (χ2v) is 10.6. The number of carbonyl (C=O) groups excluding carboxylic acids is 1. The van der Waals surface area contributed by atoms with Crippen molar-refractivity contribution in [1.29, 1.82) is 5.26 Å². The van der Waals surface area contributed by atoms with Crippen LogP contribution in [0.4, 0.5) is 5.00 Å². The Hall–Kier alpha value is -3.09. The normalized spacial score (nSPS) is 14.7. The number of nitriles is 1. The lowest BCUT2D eigenvalue weighted by Crippen LogP contribution is -2.15. The highest BCUT2D eigenvalue weighted by Crippen LogP contribution is 2.40. The molecule has 0 aliphatic heterocycles. The van der Waals surface area contributed by atoms with E-state index in [0.717, 1.165) is 42.6 Å². The number of ether oxygens (including phenoxy) is 1. The lowest BCUT2D eigenvalue weighted by atomic mass is 9.86. The van der Waals surface area contributed by atoms with Crippen LogP contribution >= 0.6 is 23.1 Å². The fourth-order valence-electron chi connectivity index (χ4n) is 4.20. The number of hydrogen-bond donors (Lipinski definition) is 1. The van der Waals surface area contributed by atoms with E-state index in [9.17, 15) is 10.1 Å². The molecule has 2 heterocycles. The number of nitrogens with zero attached hydrogens (tertiary/aromatic N) is 4. The molecule has 182 valence electrons. The van der Waals surface area contributed by atoms with Crippen LogP contribution in [-0.4, -0.2) is 26.4 Å². The number of benzene rings is 1. The number of carbonyl (C=O) groups is 1. The van der Waals surface area contributed by atoms with Gasteiger partial charge in [-0.1, -0.05) is 43.3 Å². The number of aromatic nitrogens is 3. The maximum absolute atomic E-state index is 12.8. The van der Waals surface area contributed by atoms with Crippen LogP contribution in [0.5, 0.6) is 5.75 Å². The number of thioether (sulfide) groups is 1. The summed E-state index contributed by atoms with van der Waals surface area (Å²) in [4.78, 5) is 14.0. The number of aryl methyl sites for hydroxylation is 1. The zero-order valence-corrected chi connectivity index (χ0v) is 21.7. The fraction of sp³-hybridized carbons (Fsp3) is 0.385. The number of fused-ring (bicyclic) bond motifs is 1. The van der Waals surface area contributed by atoms with Crippen LogP contribution in [0, 0.1) is 24.2 Å². The molecular weight excluding hydrogens is 478 g/mol.